The van der Waals surface area contributed by atoms with E-state index in [9.17, 15) is 17.2 Å². The summed E-state index contributed by atoms with van der Waals surface area (Å²) in [6, 6.07) is 27.4. The number of hydrogen-bond donors (Lipinski definition) is 1. The molecule has 4 aromatic carbocycles. The molecule has 0 radical (unpaired) electrons. The Morgan fingerprint density at radius 2 is 1.42 bits per heavy atom. The van der Waals surface area contributed by atoms with E-state index in [-0.39, 0.29) is 4.90 Å². The van der Waals surface area contributed by atoms with Crippen molar-refractivity contribution in [2.75, 3.05) is 9.03 Å². The number of aliphatic imine (C=N–C) groups is 1. The van der Waals surface area contributed by atoms with Crippen molar-refractivity contribution in [2.24, 2.45) is 4.99 Å². The molecule has 0 aliphatic carbocycles. The maximum atomic E-state index is 12.9. The maximum absolute atomic E-state index is 12.9. The Hall–Kier alpha value is -3.79. The fourth-order valence-corrected chi connectivity index (χ4v) is 5.19. The molecule has 0 saturated carbocycles. The molecule has 0 fully saturated rings. The summed E-state index contributed by atoms with van der Waals surface area (Å²) in [6.07, 6.45) is 1.51. The van der Waals surface area contributed by atoms with Gasteiger partial charge in [-0.3, -0.25) is 18.2 Å². The van der Waals surface area contributed by atoms with Gasteiger partial charge in [-0.1, -0.05) is 65.7 Å². The van der Waals surface area contributed by atoms with Crippen molar-refractivity contribution in [1.29, 1.82) is 0 Å². The summed E-state index contributed by atoms with van der Waals surface area (Å²) in [5.74, 6) is 0. The minimum absolute atomic E-state index is 0.150. The van der Waals surface area contributed by atoms with E-state index in [2.05, 4.69) is 9.71 Å². The number of para-hydroxylation sites is 3. The SMILES string of the molecule is Cc1ccc(N(c2ccccc2N=Cc2ccccc2NS(=O)(=O)c2ccc(C)cc2)S(=O)[O-])cc1. The zero-order valence-corrected chi connectivity index (χ0v) is 21.3. The van der Waals surface area contributed by atoms with Crippen molar-refractivity contribution in [3.05, 3.63) is 114 Å². The van der Waals surface area contributed by atoms with Crippen LogP contribution in [0.15, 0.2) is 107 Å². The zero-order valence-electron chi connectivity index (χ0n) is 19.7. The fourth-order valence-electron chi connectivity index (χ4n) is 3.49. The second-order valence-electron chi connectivity index (χ2n) is 8.10. The van der Waals surface area contributed by atoms with E-state index < -0.39 is 21.3 Å². The average Bonchev–Trinajstić information content (AvgIpc) is 2.85. The maximum Gasteiger partial charge on any atom is 0.261 e. The lowest BCUT2D eigenvalue weighted by molar-refractivity contribution is 0.537. The number of benzene rings is 4. The molecule has 1 unspecified atom stereocenters. The third kappa shape index (κ3) is 5.88. The molecule has 0 aliphatic heterocycles. The van der Waals surface area contributed by atoms with Crippen LogP contribution in [-0.2, 0) is 21.3 Å². The minimum atomic E-state index is -3.81. The van der Waals surface area contributed by atoms with Gasteiger partial charge < -0.3 is 4.55 Å². The summed E-state index contributed by atoms with van der Waals surface area (Å²) in [6.45, 7) is 3.81. The van der Waals surface area contributed by atoms with Crippen molar-refractivity contribution in [1.82, 2.24) is 0 Å². The molecule has 7 nitrogen and oxygen atoms in total. The molecule has 0 aromatic heterocycles. The summed E-state index contributed by atoms with van der Waals surface area (Å²) in [4.78, 5) is 4.67. The van der Waals surface area contributed by atoms with Crippen molar-refractivity contribution < 1.29 is 17.2 Å². The summed E-state index contributed by atoms with van der Waals surface area (Å²) >= 11 is -2.59. The van der Waals surface area contributed by atoms with Crippen LogP contribution < -0.4 is 9.03 Å². The summed E-state index contributed by atoms with van der Waals surface area (Å²) < 4.78 is 53.9. The summed E-state index contributed by atoms with van der Waals surface area (Å²) in [7, 11) is -3.81. The number of aryl methyl sites for hydroxylation is 2. The van der Waals surface area contributed by atoms with Gasteiger partial charge in [-0.15, -0.1) is 0 Å². The fraction of sp³-hybridized carbons (Fsp3) is 0.0741. The highest BCUT2D eigenvalue weighted by Gasteiger charge is 2.16. The highest BCUT2D eigenvalue weighted by atomic mass is 32.2. The third-order valence-electron chi connectivity index (χ3n) is 5.40. The zero-order chi connectivity index (χ0) is 25.7. The van der Waals surface area contributed by atoms with Crippen molar-refractivity contribution in [3.8, 4) is 0 Å². The number of anilines is 3. The molecule has 1 atom stereocenters. The lowest BCUT2D eigenvalue weighted by atomic mass is 10.2. The predicted octanol–water partition coefficient (Wildman–Crippen LogP) is 5.79. The smallest absolute Gasteiger partial charge is 0.261 e. The Bertz CT molecular complexity index is 1520. The van der Waals surface area contributed by atoms with Gasteiger partial charge >= 0.3 is 0 Å². The lowest BCUT2D eigenvalue weighted by Gasteiger charge is -2.27. The van der Waals surface area contributed by atoms with Gasteiger partial charge in [-0.25, -0.2) is 8.42 Å². The second kappa shape index (κ2) is 10.9. The van der Waals surface area contributed by atoms with Crippen molar-refractivity contribution >= 4 is 50.3 Å². The van der Waals surface area contributed by atoms with Crippen LogP contribution in [0, 0.1) is 13.8 Å². The Kier molecular flexibility index (Phi) is 7.64. The third-order valence-corrected chi connectivity index (χ3v) is 7.48. The molecule has 4 rings (SSSR count). The van der Waals surface area contributed by atoms with E-state index in [1.165, 1.54) is 6.21 Å². The highest BCUT2D eigenvalue weighted by molar-refractivity contribution is 7.92. The van der Waals surface area contributed by atoms with Crippen molar-refractivity contribution in [3.63, 3.8) is 0 Å². The first-order chi connectivity index (χ1) is 17.2. The topological polar surface area (TPSA) is 102 Å². The Balaban J connectivity index is 1.68. The molecule has 184 valence electrons. The molecule has 0 amide bonds. The number of rotatable bonds is 8. The molecule has 0 aliphatic rings. The molecule has 0 saturated heterocycles. The van der Waals surface area contributed by atoms with Gasteiger partial charge in [0.25, 0.3) is 10.0 Å². The van der Waals surface area contributed by atoms with Gasteiger partial charge in [-0.2, -0.15) is 0 Å². The number of nitrogens with one attached hydrogen (secondary N) is 1. The molecule has 0 heterocycles. The van der Waals surface area contributed by atoms with Crippen molar-refractivity contribution in [2.45, 2.75) is 18.7 Å². The van der Waals surface area contributed by atoms with E-state index in [1.807, 2.05) is 26.0 Å². The van der Waals surface area contributed by atoms with Gasteiger partial charge in [0.05, 0.1) is 38.9 Å². The molecule has 0 spiro atoms. The molecule has 9 heteroatoms. The van der Waals surface area contributed by atoms with Crippen LogP contribution in [-0.4, -0.2) is 23.4 Å². The monoisotopic (exact) mass is 518 g/mol. The van der Waals surface area contributed by atoms with Crippen LogP contribution in [0.1, 0.15) is 16.7 Å². The largest absolute Gasteiger partial charge is 0.755 e. The summed E-state index contributed by atoms with van der Waals surface area (Å²) in [5, 5.41) is 0. The van der Waals surface area contributed by atoms with Crippen LogP contribution in [0.2, 0.25) is 0 Å². The Morgan fingerprint density at radius 3 is 2.08 bits per heavy atom. The van der Waals surface area contributed by atoms with Gasteiger partial charge in [0.2, 0.25) is 0 Å². The number of nitrogens with zero attached hydrogens (tertiary/aromatic N) is 2. The van der Waals surface area contributed by atoms with E-state index in [0.29, 0.717) is 28.3 Å². The molecule has 1 N–H and O–H groups in total. The van der Waals surface area contributed by atoms with Gasteiger partial charge in [0.1, 0.15) is 0 Å². The van der Waals surface area contributed by atoms with Gasteiger partial charge in [-0.05, 0) is 56.3 Å². The first kappa shape index (κ1) is 25.3. The Labute approximate surface area is 213 Å². The van der Waals surface area contributed by atoms with Crippen LogP contribution in [0.4, 0.5) is 22.7 Å². The van der Waals surface area contributed by atoms with Crippen LogP contribution in [0.25, 0.3) is 0 Å². The predicted molar refractivity (Wildman–Crippen MR) is 144 cm³/mol. The second-order valence-corrected chi connectivity index (χ2v) is 10.6. The van der Waals surface area contributed by atoms with E-state index >= 15 is 0 Å². The number of sulfonamides is 1. The van der Waals surface area contributed by atoms with E-state index in [4.69, 9.17) is 0 Å². The molecular formula is C27H24N3O4S2-. The number of hydrogen-bond acceptors (Lipinski definition) is 5. The van der Waals surface area contributed by atoms with Crippen LogP contribution in [0.3, 0.4) is 0 Å². The normalized spacial score (nSPS) is 12.4. The molecule has 36 heavy (non-hydrogen) atoms. The standard InChI is InChI=1S/C27H25N3O4S2/c1-20-11-15-23(16-12-20)30(35(31)32)27-10-6-5-9-26(27)28-19-22-7-3-4-8-25(22)29-36(33,34)24-17-13-21(2)14-18-24/h3-19,29H,1-2H3,(H,31,32)/p-1. The lowest BCUT2D eigenvalue weighted by Crippen LogP contribution is -2.19. The van der Waals surface area contributed by atoms with Gasteiger partial charge in [0, 0.05) is 11.8 Å². The first-order valence-electron chi connectivity index (χ1n) is 11.0. The molecular weight excluding hydrogens is 494 g/mol. The first-order valence-corrected chi connectivity index (χ1v) is 13.5. The molecule has 0 bridgehead atoms. The Morgan fingerprint density at radius 1 is 0.833 bits per heavy atom. The molecule has 4 aromatic rings. The average molecular weight is 519 g/mol. The minimum Gasteiger partial charge on any atom is -0.755 e. The highest BCUT2D eigenvalue weighted by Crippen LogP contribution is 2.35. The van der Waals surface area contributed by atoms with E-state index in [1.54, 1.807) is 84.9 Å². The quantitative estimate of drug-likeness (QED) is 0.236. The van der Waals surface area contributed by atoms with E-state index in [0.717, 1.165) is 15.4 Å². The summed E-state index contributed by atoms with van der Waals surface area (Å²) in [5.41, 5.74) is 4.07. The van der Waals surface area contributed by atoms with Gasteiger partial charge in [0.15, 0.2) is 0 Å². The van der Waals surface area contributed by atoms with Crippen LogP contribution >= 0.6 is 0 Å². The van der Waals surface area contributed by atoms with Crippen LogP contribution in [0.5, 0.6) is 0 Å².